The number of carbonyl (C=O) groups is 4. The van der Waals surface area contributed by atoms with E-state index in [9.17, 15) is 19.2 Å². The number of nitrogens with one attached hydrogen (secondary N) is 1. The van der Waals surface area contributed by atoms with Gasteiger partial charge in [-0.25, -0.2) is 0 Å². The zero-order valence-electron chi connectivity index (χ0n) is 20.9. The molecule has 186 valence electrons. The van der Waals surface area contributed by atoms with Crippen molar-refractivity contribution in [1.82, 2.24) is 15.1 Å². The van der Waals surface area contributed by atoms with Crippen LogP contribution in [0.2, 0.25) is 0 Å². The van der Waals surface area contributed by atoms with E-state index in [2.05, 4.69) is 12.2 Å². The van der Waals surface area contributed by atoms with Crippen molar-refractivity contribution in [3.63, 3.8) is 0 Å². The van der Waals surface area contributed by atoms with Crippen molar-refractivity contribution in [2.75, 3.05) is 13.1 Å². The summed E-state index contributed by atoms with van der Waals surface area (Å²) in [7, 11) is 0. The van der Waals surface area contributed by atoms with E-state index in [1.165, 1.54) is 4.90 Å². The van der Waals surface area contributed by atoms with E-state index in [1.54, 1.807) is 29.2 Å². The Balaban J connectivity index is 1.70. The summed E-state index contributed by atoms with van der Waals surface area (Å²) >= 11 is 0. The van der Waals surface area contributed by atoms with Gasteiger partial charge >= 0.3 is 0 Å². The summed E-state index contributed by atoms with van der Waals surface area (Å²) in [5.41, 5.74) is 2.85. The molecule has 0 unspecified atom stereocenters. The fraction of sp³-hybridized carbons (Fsp3) is 0.429. The third-order valence-corrected chi connectivity index (χ3v) is 6.47. The normalized spacial score (nSPS) is 13.5. The fourth-order valence-electron chi connectivity index (χ4n) is 4.37. The number of nitrogens with zero attached hydrogens (tertiary/aromatic N) is 2. The molecule has 0 aromatic heterocycles. The number of hydrogen-bond donors (Lipinski definition) is 1. The van der Waals surface area contributed by atoms with Crippen molar-refractivity contribution >= 4 is 23.6 Å². The van der Waals surface area contributed by atoms with Gasteiger partial charge in [-0.2, -0.15) is 0 Å². The highest BCUT2D eigenvalue weighted by Gasteiger charge is 2.35. The highest BCUT2D eigenvalue weighted by Crippen LogP contribution is 2.23. The van der Waals surface area contributed by atoms with Gasteiger partial charge in [0, 0.05) is 26.1 Å². The number of carbonyl (C=O) groups excluding carboxylic acids is 4. The first-order chi connectivity index (χ1) is 16.9. The quantitative estimate of drug-likeness (QED) is 0.368. The molecule has 1 N–H and O–H groups in total. The standard InChI is InChI=1S/C28H35N3O4/c1-4-6-17-29-26(33)24(5-2)31(19-21-13-8-7-12-20(21)3)25(32)16-11-18-30-27(34)22-14-9-10-15-23(22)28(30)35/h7-10,12-15,24H,4-6,11,16-19H2,1-3H3,(H,29,33)/t24-/m0/s1. The van der Waals surface area contributed by atoms with Gasteiger partial charge in [-0.3, -0.25) is 24.1 Å². The van der Waals surface area contributed by atoms with Crippen LogP contribution in [-0.4, -0.2) is 52.6 Å². The Bertz CT molecular complexity index is 1050. The summed E-state index contributed by atoms with van der Waals surface area (Å²) in [6, 6.07) is 14.0. The largest absolute Gasteiger partial charge is 0.354 e. The van der Waals surface area contributed by atoms with Gasteiger partial charge < -0.3 is 10.2 Å². The molecule has 2 aromatic carbocycles. The van der Waals surface area contributed by atoms with Crippen LogP contribution in [0.3, 0.4) is 0 Å². The van der Waals surface area contributed by atoms with Crippen molar-refractivity contribution in [2.45, 2.75) is 65.5 Å². The van der Waals surface area contributed by atoms with Crippen LogP contribution in [0, 0.1) is 6.92 Å². The lowest BCUT2D eigenvalue weighted by Gasteiger charge is -2.31. The monoisotopic (exact) mass is 477 g/mol. The van der Waals surface area contributed by atoms with Crippen molar-refractivity contribution < 1.29 is 19.2 Å². The van der Waals surface area contributed by atoms with E-state index in [-0.39, 0.29) is 36.6 Å². The Morgan fingerprint density at radius 1 is 0.943 bits per heavy atom. The van der Waals surface area contributed by atoms with E-state index in [1.807, 2.05) is 38.1 Å². The molecule has 2 aromatic rings. The molecule has 0 fully saturated rings. The predicted molar refractivity (Wildman–Crippen MR) is 135 cm³/mol. The molecule has 0 spiro atoms. The Kier molecular flexibility index (Phi) is 9.18. The van der Waals surface area contributed by atoms with E-state index < -0.39 is 6.04 Å². The molecule has 1 aliphatic heterocycles. The maximum absolute atomic E-state index is 13.4. The number of fused-ring (bicyclic) bond motifs is 1. The van der Waals surface area contributed by atoms with E-state index in [4.69, 9.17) is 0 Å². The van der Waals surface area contributed by atoms with Crippen molar-refractivity contribution in [3.05, 3.63) is 70.8 Å². The van der Waals surface area contributed by atoms with Gasteiger partial charge in [-0.15, -0.1) is 0 Å². The topological polar surface area (TPSA) is 86.8 Å². The molecule has 0 aliphatic carbocycles. The minimum atomic E-state index is -0.585. The molecule has 0 radical (unpaired) electrons. The van der Waals surface area contributed by atoms with E-state index in [0.717, 1.165) is 24.0 Å². The van der Waals surface area contributed by atoms with Crippen molar-refractivity contribution in [3.8, 4) is 0 Å². The first-order valence-corrected chi connectivity index (χ1v) is 12.5. The summed E-state index contributed by atoms with van der Waals surface area (Å²) in [6.07, 6.45) is 2.82. The van der Waals surface area contributed by atoms with Gasteiger partial charge in [-0.1, -0.05) is 56.7 Å². The van der Waals surface area contributed by atoms with Gasteiger partial charge in [0.2, 0.25) is 11.8 Å². The summed E-state index contributed by atoms with van der Waals surface area (Å²) in [6.45, 7) is 7.03. The van der Waals surface area contributed by atoms with Gasteiger partial charge in [0.25, 0.3) is 11.8 Å². The Labute approximate surface area is 207 Å². The maximum atomic E-state index is 13.4. The summed E-state index contributed by atoms with van der Waals surface area (Å²) in [5, 5.41) is 2.96. The molecule has 7 nitrogen and oxygen atoms in total. The Morgan fingerprint density at radius 3 is 2.17 bits per heavy atom. The van der Waals surface area contributed by atoms with Crippen LogP contribution < -0.4 is 5.32 Å². The second-order valence-corrected chi connectivity index (χ2v) is 8.93. The average Bonchev–Trinajstić information content (AvgIpc) is 3.10. The Hall–Kier alpha value is -3.48. The maximum Gasteiger partial charge on any atom is 0.261 e. The zero-order chi connectivity index (χ0) is 25.4. The van der Waals surface area contributed by atoms with Crippen LogP contribution in [0.5, 0.6) is 0 Å². The smallest absolute Gasteiger partial charge is 0.261 e. The molecule has 0 saturated heterocycles. The summed E-state index contributed by atoms with van der Waals surface area (Å²) < 4.78 is 0. The van der Waals surface area contributed by atoms with Crippen molar-refractivity contribution in [2.24, 2.45) is 0 Å². The number of hydrogen-bond acceptors (Lipinski definition) is 4. The molecule has 0 saturated carbocycles. The second kappa shape index (κ2) is 12.3. The fourth-order valence-corrected chi connectivity index (χ4v) is 4.37. The highest BCUT2D eigenvalue weighted by atomic mass is 16.2. The van der Waals surface area contributed by atoms with Crippen LogP contribution in [0.25, 0.3) is 0 Å². The summed E-state index contributed by atoms with van der Waals surface area (Å²) in [4.78, 5) is 54.5. The minimum absolute atomic E-state index is 0.137. The lowest BCUT2D eigenvalue weighted by molar-refractivity contribution is -0.141. The average molecular weight is 478 g/mol. The molecule has 7 heteroatoms. The van der Waals surface area contributed by atoms with Gasteiger partial charge in [-0.05, 0) is 49.4 Å². The van der Waals surface area contributed by atoms with Gasteiger partial charge in [0.1, 0.15) is 6.04 Å². The van der Waals surface area contributed by atoms with Crippen LogP contribution in [-0.2, 0) is 16.1 Å². The molecular formula is C28H35N3O4. The van der Waals surface area contributed by atoms with Gasteiger partial charge in [0.05, 0.1) is 11.1 Å². The highest BCUT2D eigenvalue weighted by molar-refractivity contribution is 6.21. The number of benzene rings is 2. The van der Waals surface area contributed by atoms with E-state index >= 15 is 0 Å². The molecular weight excluding hydrogens is 442 g/mol. The number of unbranched alkanes of at least 4 members (excludes halogenated alkanes) is 1. The second-order valence-electron chi connectivity index (χ2n) is 8.93. The van der Waals surface area contributed by atoms with Crippen LogP contribution in [0.15, 0.2) is 48.5 Å². The molecule has 1 heterocycles. The molecule has 1 aliphatic rings. The zero-order valence-corrected chi connectivity index (χ0v) is 20.9. The third kappa shape index (κ3) is 6.15. The SMILES string of the molecule is CCCCNC(=O)[C@H](CC)N(Cc1ccccc1C)C(=O)CCCN1C(=O)c2ccccc2C1=O. The van der Waals surface area contributed by atoms with Gasteiger partial charge in [0.15, 0.2) is 0 Å². The number of imide groups is 1. The molecule has 35 heavy (non-hydrogen) atoms. The summed E-state index contributed by atoms with van der Waals surface area (Å²) in [5.74, 6) is -0.960. The minimum Gasteiger partial charge on any atom is -0.354 e. The third-order valence-electron chi connectivity index (χ3n) is 6.47. The molecule has 3 rings (SSSR count). The first-order valence-electron chi connectivity index (χ1n) is 12.5. The number of rotatable bonds is 12. The Morgan fingerprint density at radius 2 is 1.57 bits per heavy atom. The molecule has 4 amide bonds. The van der Waals surface area contributed by atoms with Crippen molar-refractivity contribution in [1.29, 1.82) is 0 Å². The molecule has 0 bridgehead atoms. The van der Waals surface area contributed by atoms with E-state index in [0.29, 0.717) is 37.1 Å². The van der Waals surface area contributed by atoms with Crippen LogP contribution in [0.1, 0.15) is 77.8 Å². The molecule has 1 atom stereocenters. The van der Waals surface area contributed by atoms with Crippen LogP contribution >= 0.6 is 0 Å². The van der Waals surface area contributed by atoms with Crippen LogP contribution in [0.4, 0.5) is 0 Å². The lowest BCUT2D eigenvalue weighted by atomic mass is 10.0. The first kappa shape index (κ1) is 26.1. The number of aryl methyl sites for hydroxylation is 1. The number of amides is 4. The predicted octanol–water partition coefficient (Wildman–Crippen LogP) is 4.09. The lowest BCUT2D eigenvalue weighted by Crippen LogP contribution is -2.49.